The molecule has 1 aliphatic heterocycles. The first-order valence-electron chi connectivity index (χ1n) is 4.87. The van der Waals surface area contributed by atoms with Gasteiger partial charge < -0.3 is 9.47 Å². The van der Waals surface area contributed by atoms with Crippen molar-refractivity contribution in [3.05, 3.63) is 11.3 Å². The average molecular weight is 166 g/mol. The first-order chi connectivity index (χ1) is 5.92. The van der Waals surface area contributed by atoms with E-state index >= 15 is 0 Å². The van der Waals surface area contributed by atoms with Crippen LogP contribution in [0.15, 0.2) is 11.3 Å². The molecule has 1 saturated heterocycles. The summed E-state index contributed by atoms with van der Waals surface area (Å²) < 4.78 is 10.8. The summed E-state index contributed by atoms with van der Waals surface area (Å²) in [4.78, 5) is 0. The predicted molar refractivity (Wildman–Crippen MR) is 44.7 cm³/mol. The maximum atomic E-state index is 5.72. The summed E-state index contributed by atoms with van der Waals surface area (Å²) >= 11 is 0. The number of hydrogen-bond donors (Lipinski definition) is 0. The van der Waals surface area contributed by atoms with Gasteiger partial charge in [-0.2, -0.15) is 0 Å². The normalized spacial score (nSPS) is 37.7. The molecule has 2 heteroatoms. The lowest BCUT2D eigenvalue weighted by atomic mass is 10.1. The van der Waals surface area contributed by atoms with Crippen LogP contribution in [0.2, 0.25) is 0 Å². The number of allylic oxidation sites excluding steroid dienone is 2. The summed E-state index contributed by atoms with van der Waals surface area (Å²) in [5.74, 6) is 2.23. The van der Waals surface area contributed by atoms with Crippen molar-refractivity contribution in [2.75, 3.05) is 13.2 Å². The maximum absolute atomic E-state index is 5.72. The average Bonchev–Trinajstić information content (AvgIpc) is 2.69. The molecule has 2 atom stereocenters. The highest BCUT2D eigenvalue weighted by Crippen LogP contribution is 2.44. The number of hydrogen-bond acceptors (Lipinski definition) is 2. The van der Waals surface area contributed by atoms with Crippen LogP contribution >= 0.6 is 0 Å². The minimum Gasteiger partial charge on any atom is -0.495 e. The van der Waals surface area contributed by atoms with E-state index < -0.39 is 0 Å². The summed E-state index contributed by atoms with van der Waals surface area (Å²) in [7, 11) is 0. The van der Waals surface area contributed by atoms with E-state index in [4.69, 9.17) is 9.47 Å². The van der Waals surface area contributed by atoms with Gasteiger partial charge in [-0.05, 0) is 30.8 Å². The lowest BCUT2D eigenvalue weighted by Crippen LogP contribution is -2.04. The Morgan fingerprint density at radius 3 is 2.92 bits per heavy atom. The Morgan fingerprint density at radius 1 is 1.42 bits per heavy atom. The van der Waals surface area contributed by atoms with E-state index in [9.17, 15) is 0 Å². The van der Waals surface area contributed by atoms with Crippen LogP contribution in [0.1, 0.15) is 25.7 Å². The zero-order valence-electron chi connectivity index (χ0n) is 7.21. The molecule has 1 heterocycles. The van der Waals surface area contributed by atoms with Crippen molar-refractivity contribution >= 4 is 0 Å². The minimum absolute atomic E-state index is 0.414. The van der Waals surface area contributed by atoms with Gasteiger partial charge in [-0.1, -0.05) is 0 Å². The molecule has 0 radical (unpaired) electrons. The Bertz CT molecular complexity index is 228. The van der Waals surface area contributed by atoms with E-state index in [-0.39, 0.29) is 0 Å². The molecule has 2 bridgehead atoms. The third-order valence-electron chi connectivity index (χ3n) is 3.10. The third-order valence-corrected chi connectivity index (χ3v) is 3.10. The summed E-state index contributed by atoms with van der Waals surface area (Å²) in [5.41, 5.74) is 1.60. The van der Waals surface area contributed by atoms with Gasteiger partial charge in [0.1, 0.15) is 12.7 Å². The van der Waals surface area contributed by atoms with E-state index in [2.05, 4.69) is 0 Å². The van der Waals surface area contributed by atoms with E-state index in [1.165, 1.54) is 31.4 Å². The van der Waals surface area contributed by atoms with Crippen molar-refractivity contribution in [3.8, 4) is 0 Å². The fraction of sp³-hybridized carbons (Fsp3) is 0.800. The second-order valence-corrected chi connectivity index (χ2v) is 4.11. The molecule has 0 N–H and O–H groups in total. The van der Waals surface area contributed by atoms with Gasteiger partial charge in [0.05, 0.1) is 12.4 Å². The Balaban J connectivity index is 1.60. The molecule has 3 rings (SSSR count). The first-order valence-corrected chi connectivity index (χ1v) is 4.87. The smallest absolute Gasteiger partial charge is 0.116 e. The van der Waals surface area contributed by atoms with Crippen molar-refractivity contribution < 1.29 is 9.47 Å². The molecular formula is C10H14O2. The van der Waals surface area contributed by atoms with Crippen LogP contribution in [-0.2, 0) is 9.47 Å². The molecule has 0 amide bonds. The number of rotatable bonds is 3. The lowest BCUT2D eigenvalue weighted by molar-refractivity contribution is 0.168. The molecular weight excluding hydrogens is 152 g/mol. The highest BCUT2D eigenvalue weighted by molar-refractivity contribution is 5.21. The zero-order chi connectivity index (χ0) is 7.97. The van der Waals surface area contributed by atoms with E-state index in [0.717, 1.165) is 19.1 Å². The highest BCUT2D eigenvalue weighted by Gasteiger charge is 2.32. The van der Waals surface area contributed by atoms with Gasteiger partial charge in [0, 0.05) is 6.42 Å². The molecule has 66 valence electrons. The zero-order valence-corrected chi connectivity index (χ0v) is 7.21. The number of ether oxygens (including phenoxy) is 2. The summed E-state index contributed by atoms with van der Waals surface area (Å²) in [6, 6.07) is 0. The predicted octanol–water partition coefficient (Wildman–Crippen LogP) is 1.86. The second-order valence-electron chi connectivity index (χ2n) is 4.11. The van der Waals surface area contributed by atoms with Gasteiger partial charge in [0.25, 0.3) is 0 Å². The Morgan fingerprint density at radius 2 is 2.33 bits per heavy atom. The molecule has 2 fully saturated rings. The fourth-order valence-corrected chi connectivity index (χ4v) is 2.28. The van der Waals surface area contributed by atoms with Crippen molar-refractivity contribution in [2.24, 2.45) is 5.92 Å². The topological polar surface area (TPSA) is 21.8 Å². The molecule has 3 aliphatic rings. The first kappa shape index (κ1) is 6.96. The van der Waals surface area contributed by atoms with Crippen LogP contribution < -0.4 is 0 Å². The molecule has 2 aliphatic carbocycles. The van der Waals surface area contributed by atoms with Crippen molar-refractivity contribution in [1.29, 1.82) is 0 Å². The molecule has 0 aromatic rings. The molecule has 0 aromatic carbocycles. The van der Waals surface area contributed by atoms with Crippen LogP contribution in [0.4, 0.5) is 0 Å². The number of epoxide rings is 1. The lowest BCUT2D eigenvalue weighted by Gasteiger charge is -2.12. The standard InChI is InChI=1S/C10H14O2/c1-2-8-3-7(1)4-10(8)12-6-9-5-11-9/h7,9H,1-6H2. The molecule has 0 spiro atoms. The van der Waals surface area contributed by atoms with Gasteiger partial charge in [-0.25, -0.2) is 0 Å². The van der Waals surface area contributed by atoms with Crippen LogP contribution in [0.25, 0.3) is 0 Å². The van der Waals surface area contributed by atoms with E-state index in [0.29, 0.717) is 6.10 Å². The van der Waals surface area contributed by atoms with Crippen LogP contribution in [0.3, 0.4) is 0 Å². The van der Waals surface area contributed by atoms with Gasteiger partial charge in [0.2, 0.25) is 0 Å². The van der Waals surface area contributed by atoms with Crippen molar-refractivity contribution in [3.63, 3.8) is 0 Å². The number of fused-ring (bicyclic) bond motifs is 2. The van der Waals surface area contributed by atoms with E-state index in [1.807, 2.05) is 0 Å². The Labute approximate surface area is 72.5 Å². The quantitative estimate of drug-likeness (QED) is 0.597. The van der Waals surface area contributed by atoms with Gasteiger partial charge in [-0.3, -0.25) is 0 Å². The SMILES string of the molecule is C1CC2CC1=C(OCC1CO1)C2. The van der Waals surface area contributed by atoms with Crippen LogP contribution in [-0.4, -0.2) is 19.3 Å². The second kappa shape index (κ2) is 2.49. The summed E-state index contributed by atoms with van der Waals surface area (Å²) in [5, 5.41) is 0. The maximum Gasteiger partial charge on any atom is 0.116 e. The fourth-order valence-electron chi connectivity index (χ4n) is 2.28. The van der Waals surface area contributed by atoms with Crippen LogP contribution in [0, 0.1) is 5.92 Å². The molecule has 12 heavy (non-hydrogen) atoms. The van der Waals surface area contributed by atoms with Gasteiger partial charge in [-0.15, -0.1) is 0 Å². The van der Waals surface area contributed by atoms with E-state index in [1.54, 1.807) is 5.57 Å². The van der Waals surface area contributed by atoms with Crippen LogP contribution in [0.5, 0.6) is 0 Å². The molecule has 0 aromatic heterocycles. The largest absolute Gasteiger partial charge is 0.495 e. The minimum atomic E-state index is 0.414. The Kier molecular flexibility index (Phi) is 1.44. The molecule has 2 unspecified atom stereocenters. The third kappa shape index (κ3) is 1.14. The molecule has 1 saturated carbocycles. The molecule has 2 nitrogen and oxygen atoms in total. The monoisotopic (exact) mass is 166 g/mol. The van der Waals surface area contributed by atoms with Crippen molar-refractivity contribution in [2.45, 2.75) is 31.8 Å². The summed E-state index contributed by atoms with van der Waals surface area (Å²) in [6.07, 6.45) is 5.65. The Hall–Kier alpha value is -0.500. The van der Waals surface area contributed by atoms with Gasteiger partial charge >= 0.3 is 0 Å². The highest BCUT2D eigenvalue weighted by atomic mass is 16.6. The summed E-state index contributed by atoms with van der Waals surface area (Å²) in [6.45, 7) is 1.71. The van der Waals surface area contributed by atoms with Gasteiger partial charge in [0.15, 0.2) is 0 Å². The van der Waals surface area contributed by atoms with Crippen molar-refractivity contribution in [1.82, 2.24) is 0 Å².